The molecule has 2 aromatic rings. The van der Waals surface area contributed by atoms with E-state index < -0.39 is 11.9 Å². The van der Waals surface area contributed by atoms with Crippen molar-refractivity contribution in [2.24, 2.45) is 5.92 Å². The first kappa shape index (κ1) is 15.8. The Morgan fingerprint density at radius 1 is 1.08 bits per heavy atom. The second-order valence-corrected chi connectivity index (χ2v) is 6.56. The topological polar surface area (TPSA) is 79.2 Å². The van der Waals surface area contributed by atoms with Crippen LogP contribution in [0.4, 0.5) is 0 Å². The van der Waals surface area contributed by atoms with E-state index in [1.807, 2.05) is 25.2 Å². The minimum Gasteiger partial charge on any atom is -0.508 e. The van der Waals surface area contributed by atoms with Crippen LogP contribution in [-0.4, -0.2) is 41.5 Å². The molecule has 1 fully saturated rings. The van der Waals surface area contributed by atoms with Crippen LogP contribution in [0.3, 0.4) is 0 Å². The van der Waals surface area contributed by atoms with Crippen LogP contribution in [0.25, 0.3) is 0 Å². The predicted molar refractivity (Wildman–Crippen MR) is 89.9 cm³/mol. The summed E-state index contributed by atoms with van der Waals surface area (Å²) in [5.74, 6) is -0.0474. The summed E-state index contributed by atoms with van der Waals surface area (Å²) < 4.78 is 10.8. The molecule has 0 radical (unpaired) electrons. The molecule has 2 aliphatic rings. The van der Waals surface area contributed by atoms with E-state index in [1.165, 1.54) is 0 Å². The summed E-state index contributed by atoms with van der Waals surface area (Å²) in [6.45, 7) is 0.823. The Bertz CT molecular complexity index is 804. The van der Waals surface area contributed by atoms with Crippen LogP contribution in [-0.2, 0) is 4.79 Å². The number of phenols is 1. The summed E-state index contributed by atoms with van der Waals surface area (Å²) in [5.41, 5.74) is 1.82. The number of carboxylic acids is 1. The molecule has 2 N–H and O–H groups in total. The van der Waals surface area contributed by atoms with E-state index in [0.717, 1.165) is 11.1 Å². The standard InChI is InChI=1S/C19H19NO5/c1-20-9-14(12-4-7-15-16(8-12)25-10-24-15)17(19(22)23)18(20)11-2-5-13(21)6-3-11/h2-8,14,17-18,21H,9-10H2,1H3,(H,22,23). The first-order chi connectivity index (χ1) is 12.0. The van der Waals surface area contributed by atoms with Gasteiger partial charge in [0.1, 0.15) is 5.75 Å². The minimum absolute atomic E-state index is 0.157. The van der Waals surface area contributed by atoms with Gasteiger partial charge in [-0.25, -0.2) is 0 Å². The van der Waals surface area contributed by atoms with Gasteiger partial charge >= 0.3 is 5.97 Å². The van der Waals surface area contributed by atoms with E-state index in [1.54, 1.807) is 24.3 Å². The average molecular weight is 341 g/mol. The Kier molecular flexibility index (Phi) is 3.77. The van der Waals surface area contributed by atoms with Gasteiger partial charge in [0.15, 0.2) is 11.5 Å². The molecule has 6 heteroatoms. The van der Waals surface area contributed by atoms with E-state index >= 15 is 0 Å². The van der Waals surface area contributed by atoms with Crippen LogP contribution in [0, 0.1) is 5.92 Å². The van der Waals surface area contributed by atoms with E-state index in [0.29, 0.717) is 18.0 Å². The molecule has 25 heavy (non-hydrogen) atoms. The lowest BCUT2D eigenvalue weighted by Crippen LogP contribution is -2.26. The highest BCUT2D eigenvalue weighted by Gasteiger charge is 2.46. The lowest BCUT2D eigenvalue weighted by Gasteiger charge is -2.24. The van der Waals surface area contributed by atoms with Crippen molar-refractivity contribution in [3.05, 3.63) is 53.6 Å². The zero-order valence-corrected chi connectivity index (χ0v) is 13.8. The number of phenolic OH excluding ortho intramolecular Hbond substituents is 1. The van der Waals surface area contributed by atoms with Crippen molar-refractivity contribution in [2.45, 2.75) is 12.0 Å². The molecule has 3 unspecified atom stereocenters. The maximum absolute atomic E-state index is 12.1. The molecule has 1 saturated heterocycles. The number of ether oxygens (including phenoxy) is 2. The maximum atomic E-state index is 12.1. The number of carboxylic acid groups (broad SMARTS) is 1. The van der Waals surface area contributed by atoms with E-state index in [4.69, 9.17) is 9.47 Å². The minimum atomic E-state index is -0.829. The number of rotatable bonds is 3. The summed E-state index contributed by atoms with van der Waals surface area (Å²) in [7, 11) is 1.93. The Morgan fingerprint density at radius 2 is 1.76 bits per heavy atom. The predicted octanol–water partition coefficient (Wildman–Crippen LogP) is 2.59. The molecule has 0 amide bonds. The summed E-state index contributed by atoms with van der Waals surface area (Å²) >= 11 is 0. The molecule has 0 aromatic heterocycles. The first-order valence-corrected chi connectivity index (χ1v) is 8.16. The zero-order valence-electron chi connectivity index (χ0n) is 13.8. The van der Waals surface area contributed by atoms with Gasteiger partial charge in [-0.2, -0.15) is 0 Å². The Hall–Kier alpha value is -2.73. The Morgan fingerprint density at radius 3 is 2.48 bits per heavy atom. The first-order valence-electron chi connectivity index (χ1n) is 8.16. The third-order valence-corrected chi connectivity index (χ3v) is 5.08. The van der Waals surface area contributed by atoms with Gasteiger partial charge in [0.25, 0.3) is 0 Å². The number of benzene rings is 2. The highest BCUT2D eigenvalue weighted by atomic mass is 16.7. The van der Waals surface area contributed by atoms with Crippen molar-refractivity contribution in [1.29, 1.82) is 0 Å². The number of likely N-dealkylation sites (N-methyl/N-ethyl adjacent to an activating group) is 1. The number of carbonyl (C=O) groups is 1. The van der Waals surface area contributed by atoms with Crippen molar-refractivity contribution < 1.29 is 24.5 Å². The highest BCUT2D eigenvalue weighted by molar-refractivity contribution is 5.74. The van der Waals surface area contributed by atoms with Crippen molar-refractivity contribution in [2.75, 3.05) is 20.4 Å². The van der Waals surface area contributed by atoms with Crippen LogP contribution in [0.15, 0.2) is 42.5 Å². The summed E-state index contributed by atoms with van der Waals surface area (Å²) in [6.07, 6.45) is 0. The van der Waals surface area contributed by atoms with Gasteiger partial charge in [-0.1, -0.05) is 18.2 Å². The van der Waals surface area contributed by atoms with Crippen LogP contribution in [0.1, 0.15) is 23.1 Å². The quantitative estimate of drug-likeness (QED) is 0.893. The van der Waals surface area contributed by atoms with Gasteiger partial charge in [-0.15, -0.1) is 0 Å². The molecule has 0 aliphatic carbocycles. The van der Waals surface area contributed by atoms with Crippen LogP contribution in [0.2, 0.25) is 0 Å². The lowest BCUT2D eigenvalue weighted by molar-refractivity contribution is -0.143. The van der Waals surface area contributed by atoms with Crippen LogP contribution in [0.5, 0.6) is 17.2 Å². The number of hydrogen-bond donors (Lipinski definition) is 2. The maximum Gasteiger partial charge on any atom is 0.309 e. The van der Waals surface area contributed by atoms with Gasteiger partial charge in [-0.3, -0.25) is 9.69 Å². The number of fused-ring (bicyclic) bond motifs is 1. The number of nitrogens with zero attached hydrogens (tertiary/aromatic N) is 1. The second kappa shape index (κ2) is 5.97. The van der Waals surface area contributed by atoms with E-state index in [-0.39, 0.29) is 24.5 Å². The molecule has 130 valence electrons. The van der Waals surface area contributed by atoms with E-state index in [9.17, 15) is 15.0 Å². The van der Waals surface area contributed by atoms with Gasteiger partial charge < -0.3 is 19.7 Å². The van der Waals surface area contributed by atoms with Gasteiger partial charge in [0.2, 0.25) is 6.79 Å². The van der Waals surface area contributed by atoms with Crippen molar-refractivity contribution in [3.63, 3.8) is 0 Å². The average Bonchev–Trinajstić information content (AvgIpc) is 3.19. The second-order valence-electron chi connectivity index (χ2n) is 6.56. The van der Waals surface area contributed by atoms with Crippen molar-refractivity contribution in [1.82, 2.24) is 4.90 Å². The smallest absolute Gasteiger partial charge is 0.309 e. The van der Waals surface area contributed by atoms with Crippen LogP contribution < -0.4 is 9.47 Å². The lowest BCUT2D eigenvalue weighted by atomic mass is 9.83. The summed E-state index contributed by atoms with van der Waals surface area (Å²) in [4.78, 5) is 14.1. The third kappa shape index (κ3) is 2.68. The fourth-order valence-electron chi connectivity index (χ4n) is 3.93. The molecule has 2 aliphatic heterocycles. The number of aliphatic carboxylic acids is 1. The molecule has 2 aromatic carbocycles. The van der Waals surface area contributed by atoms with Gasteiger partial charge in [0, 0.05) is 18.5 Å². The molecule has 0 saturated carbocycles. The Balaban J connectivity index is 1.71. The van der Waals surface area contributed by atoms with Gasteiger partial charge in [-0.05, 0) is 42.4 Å². The summed E-state index contributed by atoms with van der Waals surface area (Å²) in [5, 5.41) is 19.4. The zero-order chi connectivity index (χ0) is 17.6. The molecule has 3 atom stereocenters. The SMILES string of the molecule is CN1CC(c2ccc3c(c2)OCO3)C(C(=O)O)C1c1ccc(O)cc1. The molecular formula is C19H19NO5. The molecule has 6 nitrogen and oxygen atoms in total. The van der Waals surface area contributed by atoms with Crippen LogP contribution >= 0.6 is 0 Å². The fraction of sp³-hybridized carbons (Fsp3) is 0.316. The number of hydrogen-bond acceptors (Lipinski definition) is 5. The van der Waals surface area contributed by atoms with Crippen molar-refractivity contribution in [3.8, 4) is 17.2 Å². The number of likely N-dealkylation sites (tertiary alicyclic amines) is 1. The number of aromatic hydroxyl groups is 1. The summed E-state index contributed by atoms with van der Waals surface area (Å²) in [6, 6.07) is 12.1. The monoisotopic (exact) mass is 341 g/mol. The van der Waals surface area contributed by atoms with Crippen molar-refractivity contribution >= 4 is 5.97 Å². The molecule has 2 heterocycles. The molecule has 4 rings (SSSR count). The fourth-order valence-corrected chi connectivity index (χ4v) is 3.93. The Labute approximate surface area is 145 Å². The van der Waals surface area contributed by atoms with Gasteiger partial charge in [0.05, 0.1) is 5.92 Å². The molecular weight excluding hydrogens is 322 g/mol. The largest absolute Gasteiger partial charge is 0.508 e. The highest BCUT2D eigenvalue weighted by Crippen LogP contribution is 2.47. The van der Waals surface area contributed by atoms with E-state index in [2.05, 4.69) is 4.90 Å². The molecule has 0 spiro atoms. The third-order valence-electron chi connectivity index (χ3n) is 5.08. The molecule has 0 bridgehead atoms. The normalized spacial score (nSPS) is 25.2.